The first-order chi connectivity index (χ1) is 18.7. The van der Waals surface area contributed by atoms with Crippen LogP contribution < -0.4 is 16.0 Å². The molecular formula is C29H38N3O6+. The van der Waals surface area contributed by atoms with Gasteiger partial charge in [0.2, 0.25) is 11.8 Å². The minimum atomic E-state index is -0.185. The van der Waals surface area contributed by atoms with Gasteiger partial charge in [-0.3, -0.25) is 9.59 Å². The number of nitrogens with one attached hydrogen (secondary N) is 1. The maximum Gasteiger partial charge on any atom is 0.227 e. The molecule has 1 aliphatic heterocycles. The molecule has 0 saturated heterocycles. The third-order valence-corrected chi connectivity index (χ3v) is 5.71. The van der Waals surface area contributed by atoms with E-state index in [0.29, 0.717) is 65.9 Å². The number of carbonyl (C=O) groups is 2. The first kappa shape index (κ1) is 29.3. The van der Waals surface area contributed by atoms with Crippen molar-refractivity contribution >= 4 is 17.5 Å². The molecule has 4 N–H and O–H groups in total. The Kier molecular flexibility index (Phi) is 13.3. The lowest BCUT2D eigenvalue weighted by molar-refractivity contribution is -0.374. The normalized spacial score (nSPS) is 12.0. The second-order valence-corrected chi connectivity index (χ2v) is 8.56. The van der Waals surface area contributed by atoms with Crippen LogP contribution in [0.3, 0.4) is 0 Å². The average molecular weight is 525 g/mol. The van der Waals surface area contributed by atoms with Gasteiger partial charge in [-0.15, -0.1) is 0 Å². The second kappa shape index (κ2) is 17.3. The highest BCUT2D eigenvalue weighted by molar-refractivity contribution is 5.96. The lowest BCUT2D eigenvalue weighted by atomic mass is 10.0. The van der Waals surface area contributed by atoms with Crippen LogP contribution in [0.4, 0.5) is 5.69 Å². The predicted octanol–water partition coefficient (Wildman–Crippen LogP) is 1.14. The van der Waals surface area contributed by atoms with Gasteiger partial charge in [-0.25, -0.2) is 0 Å². The van der Waals surface area contributed by atoms with E-state index in [0.717, 1.165) is 28.9 Å². The SMILES string of the molecule is [NH3+]CCOCCOCCOCCOCCNC(=O)CCC(=O)N1Cc2ccccc2C#Cc2ccccc21. The van der Waals surface area contributed by atoms with Crippen LogP contribution in [0.1, 0.15) is 29.5 Å². The van der Waals surface area contributed by atoms with Crippen LogP contribution in [0.5, 0.6) is 0 Å². The number of anilines is 1. The molecule has 0 unspecified atom stereocenters. The fraction of sp³-hybridized carbons (Fsp3) is 0.448. The van der Waals surface area contributed by atoms with Crippen LogP contribution in [0.2, 0.25) is 0 Å². The summed E-state index contributed by atoms with van der Waals surface area (Å²) in [5.41, 5.74) is 7.15. The number of hydrogen-bond acceptors (Lipinski definition) is 6. The lowest BCUT2D eigenvalue weighted by Crippen LogP contribution is -2.52. The Balaban J connectivity index is 1.30. The Labute approximate surface area is 224 Å². The van der Waals surface area contributed by atoms with E-state index >= 15 is 0 Å². The average Bonchev–Trinajstić information content (AvgIpc) is 2.93. The summed E-state index contributed by atoms with van der Waals surface area (Å²) in [5.74, 6) is 6.09. The van der Waals surface area contributed by atoms with Gasteiger partial charge in [-0.1, -0.05) is 42.2 Å². The number of carbonyl (C=O) groups excluding carboxylic acids is 2. The van der Waals surface area contributed by atoms with Gasteiger partial charge >= 0.3 is 0 Å². The van der Waals surface area contributed by atoms with Crippen molar-refractivity contribution in [1.29, 1.82) is 0 Å². The number of amides is 2. The van der Waals surface area contributed by atoms with Gasteiger partial charge in [0, 0.05) is 30.5 Å². The minimum absolute atomic E-state index is 0.105. The summed E-state index contributed by atoms with van der Waals surface area (Å²) in [6, 6.07) is 15.4. The molecule has 0 bridgehead atoms. The van der Waals surface area contributed by atoms with E-state index < -0.39 is 0 Å². The maximum absolute atomic E-state index is 13.2. The highest BCUT2D eigenvalue weighted by atomic mass is 16.6. The number of nitrogens with zero attached hydrogens (tertiary/aromatic N) is 1. The number of rotatable bonds is 17. The Morgan fingerprint density at radius 3 is 2.05 bits per heavy atom. The van der Waals surface area contributed by atoms with Crippen LogP contribution in [0.25, 0.3) is 0 Å². The van der Waals surface area contributed by atoms with Gasteiger partial charge in [-0.2, -0.15) is 0 Å². The van der Waals surface area contributed by atoms with Gasteiger partial charge in [0.1, 0.15) is 0 Å². The molecule has 1 aliphatic rings. The zero-order valence-corrected chi connectivity index (χ0v) is 21.9. The van der Waals surface area contributed by atoms with Crippen LogP contribution in [-0.2, 0) is 35.1 Å². The molecule has 2 amide bonds. The lowest BCUT2D eigenvalue weighted by Gasteiger charge is -2.26. The summed E-state index contributed by atoms with van der Waals surface area (Å²) in [6.07, 6.45) is 0.211. The second-order valence-electron chi connectivity index (χ2n) is 8.56. The van der Waals surface area contributed by atoms with Gasteiger partial charge in [0.05, 0.1) is 71.6 Å². The Hall–Kier alpha value is -3.26. The minimum Gasteiger partial charge on any atom is -0.377 e. The summed E-state index contributed by atoms with van der Waals surface area (Å²) in [7, 11) is 0. The predicted molar refractivity (Wildman–Crippen MR) is 143 cm³/mol. The zero-order valence-electron chi connectivity index (χ0n) is 21.9. The third-order valence-electron chi connectivity index (χ3n) is 5.71. The molecule has 0 radical (unpaired) electrons. The van der Waals surface area contributed by atoms with Crippen LogP contribution in [-0.4, -0.2) is 77.8 Å². The number of para-hydroxylation sites is 1. The molecule has 38 heavy (non-hydrogen) atoms. The third kappa shape index (κ3) is 10.2. The van der Waals surface area contributed by atoms with Crippen molar-refractivity contribution in [2.75, 3.05) is 70.8 Å². The molecule has 204 valence electrons. The molecule has 0 spiro atoms. The topological polar surface area (TPSA) is 114 Å². The molecule has 2 aromatic rings. The quantitative estimate of drug-likeness (QED) is 0.237. The van der Waals surface area contributed by atoms with Crippen LogP contribution in [0, 0.1) is 11.8 Å². The summed E-state index contributed by atoms with van der Waals surface area (Å²) < 4.78 is 21.6. The van der Waals surface area contributed by atoms with E-state index in [1.54, 1.807) is 4.90 Å². The van der Waals surface area contributed by atoms with Crippen molar-refractivity contribution in [3.05, 3.63) is 65.2 Å². The van der Waals surface area contributed by atoms with E-state index in [9.17, 15) is 9.59 Å². The molecule has 9 nitrogen and oxygen atoms in total. The molecule has 3 rings (SSSR count). The smallest absolute Gasteiger partial charge is 0.227 e. The van der Waals surface area contributed by atoms with E-state index in [4.69, 9.17) is 18.9 Å². The number of hydrogen-bond donors (Lipinski definition) is 2. The van der Waals surface area contributed by atoms with Gasteiger partial charge < -0.3 is 34.9 Å². The first-order valence-corrected chi connectivity index (χ1v) is 13.1. The van der Waals surface area contributed by atoms with Gasteiger partial charge in [-0.05, 0) is 23.8 Å². The van der Waals surface area contributed by atoms with Gasteiger partial charge in [0.25, 0.3) is 0 Å². The van der Waals surface area contributed by atoms with Crippen molar-refractivity contribution < 1.29 is 34.3 Å². The van der Waals surface area contributed by atoms with Crippen molar-refractivity contribution in [3.63, 3.8) is 0 Å². The molecule has 0 aliphatic carbocycles. The molecule has 0 atom stereocenters. The van der Waals surface area contributed by atoms with Crippen molar-refractivity contribution in [2.45, 2.75) is 19.4 Å². The number of fused-ring (bicyclic) bond motifs is 2. The summed E-state index contributed by atoms with van der Waals surface area (Å²) in [4.78, 5) is 27.2. The molecule has 9 heteroatoms. The molecule has 1 heterocycles. The number of quaternary nitrogens is 1. The largest absolute Gasteiger partial charge is 0.377 e. The van der Waals surface area contributed by atoms with Crippen molar-refractivity contribution in [1.82, 2.24) is 5.32 Å². The molecule has 0 saturated carbocycles. The molecule has 2 aromatic carbocycles. The van der Waals surface area contributed by atoms with E-state index in [-0.39, 0.29) is 24.7 Å². The molecule has 0 aromatic heterocycles. The Morgan fingerprint density at radius 2 is 1.34 bits per heavy atom. The van der Waals surface area contributed by atoms with Gasteiger partial charge in [0.15, 0.2) is 0 Å². The standard InChI is InChI=1S/C29H37N3O6/c30-13-15-35-17-19-37-21-22-38-20-18-36-16-14-31-28(33)11-12-29(34)32-23-26-7-2-1-5-24(26)9-10-25-6-3-4-8-27(25)32/h1-8H,11-23,30H2,(H,31,33)/p+1. The fourth-order valence-electron chi connectivity index (χ4n) is 3.78. The highest BCUT2D eigenvalue weighted by Gasteiger charge is 2.21. The van der Waals surface area contributed by atoms with E-state index in [1.165, 1.54) is 0 Å². The van der Waals surface area contributed by atoms with E-state index in [2.05, 4.69) is 22.9 Å². The number of benzene rings is 2. The highest BCUT2D eigenvalue weighted by Crippen LogP contribution is 2.26. The Bertz CT molecular complexity index is 1080. The maximum atomic E-state index is 13.2. The summed E-state index contributed by atoms with van der Waals surface area (Å²) in [5, 5.41) is 2.80. The zero-order chi connectivity index (χ0) is 26.8. The molecular weight excluding hydrogens is 486 g/mol. The number of ether oxygens (including phenoxy) is 4. The van der Waals surface area contributed by atoms with Crippen LogP contribution in [0.15, 0.2) is 48.5 Å². The van der Waals surface area contributed by atoms with Crippen molar-refractivity contribution in [3.8, 4) is 11.8 Å². The fourth-order valence-corrected chi connectivity index (χ4v) is 3.78. The van der Waals surface area contributed by atoms with E-state index in [1.807, 2.05) is 48.5 Å². The Morgan fingerprint density at radius 1 is 0.763 bits per heavy atom. The monoisotopic (exact) mass is 524 g/mol. The summed E-state index contributed by atoms with van der Waals surface area (Å²) in [6.45, 7) is 5.55. The first-order valence-electron chi connectivity index (χ1n) is 13.1. The molecule has 0 fully saturated rings. The summed E-state index contributed by atoms with van der Waals surface area (Å²) >= 11 is 0. The van der Waals surface area contributed by atoms with Crippen LogP contribution >= 0.6 is 0 Å². The van der Waals surface area contributed by atoms with Crippen molar-refractivity contribution in [2.24, 2.45) is 0 Å².